The summed E-state index contributed by atoms with van der Waals surface area (Å²) in [5.41, 5.74) is 2.24. The van der Waals surface area contributed by atoms with Crippen LogP contribution in [0, 0.1) is 0 Å². The molecule has 1 atom stereocenters. The van der Waals surface area contributed by atoms with E-state index in [1.165, 1.54) is 5.56 Å². The Labute approximate surface area is 154 Å². The van der Waals surface area contributed by atoms with E-state index in [2.05, 4.69) is 17.0 Å². The lowest BCUT2D eigenvalue weighted by atomic mass is 9.94. The van der Waals surface area contributed by atoms with Crippen molar-refractivity contribution in [1.82, 2.24) is 4.90 Å². The van der Waals surface area contributed by atoms with Gasteiger partial charge in [0.15, 0.2) is 11.5 Å². The quantitative estimate of drug-likeness (QED) is 0.792. The second kappa shape index (κ2) is 8.23. The number of likely N-dealkylation sites (tertiary alicyclic amines) is 1. The van der Waals surface area contributed by atoms with E-state index in [4.69, 9.17) is 14.2 Å². The monoisotopic (exact) mass is 355 g/mol. The normalized spacial score (nSPS) is 17.8. The lowest BCUT2D eigenvalue weighted by Gasteiger charge is -2.35. The highest BCUT2D eigenvalue weighted by Crippen LogP contribution is 2.39. The first-order valence-electron chi connectivity index (χ1n) is 8.75. The number of benzene rings is 2. The molecule has 0 radical (unpaired) electrons. The molecule has 1 heterocycles. The molecule has 1 saturated heterocycles. The number of carbonyl (C=O) groups is 1. The predicted octanol–water partition coefficient (Wildman–Crippen LogP) is 3.62. The zero-order valence-electron chi connectivity index (χ0n) is 15.5. The average molecular weight is 355 g/mol. The Bertz CT molecular complexity index is 735. The molecule has 0 amide bonds. The van der Waals surface area contributed by atoms with Crippen LogP contribution in [0.4, 0.5) is 0 Å². The molecule has 2 aromatic rings. The lowest BCUT2D eigenvalue weighted by molar-refractivity contribution is -0.123. The number of Topliss-reactive ketones (excluding diaryl/α,β-unsaturated/α-hetero) is 1. The Kier molecular flexibility index (Phi) is 5.78. The Morgan fingerprint density at radius 2 is 1.65 bits per heavy atom. The molecule has 1 fully saturated rings. The number of hydrogen-bond donors (Lipinski definition) is 0. The molecule has 3 rings (SSSR count). The first kappa shape index (κ1) is 18.3. The molecule has 5 heteroatoms. The van der Waals surface area contributed by atoms with E-state index >= 15 is 0 Å². The molecular formula is C21H25NO4. The van der Waals surface area contributed by atoms with Crippen molar-refractivity contribution in [3.8, 4) is 17.2 Å². The fourth-order valence-electron chi connectivity index (χ4n) is 3.53. The van der Waals surface area contributed by atoms with E-state index in [1.807, 2.05) is 30.3 Å². The molecule has 0 bridgehead atoms. The molecule has 2 aromatic carbocycles. The highest BCUT2D eigenvalue weighted by Gasteiger charge is 2.28. The second-order valence-corrected chi connectivity index (χ2v) is 6.42. The number of piperidine rings is 1. The first-order valence-corrected chi connectivity index (χ1v) is 8.75. The van der Waals surface area contributed by atoms with E-state index < -0.39 is 0 Å². The fraction of sp³-hybridized carbons (Fsp3) is 0.381. The molecule has 0 spiro atoms. The molecule has 1 unspecified atom stereocenters. The van der Waals surface area contributed by atoms with Gasteiger partial charge in [-0.1, -0.05) is 30.3 Å². The zero-order valence-corrected chi connectivity index (χ0v) is 15.5. The van der Waals surface area contributed by atoms with Crippen LogP contribution in [0.1, 0.15) is 30.0 Å². The van der Waals surface area contributed by atoms with Crippen LogP contribution in [0.25, 0.3) is 0 Å². The highest BCUT2D eigenvalue weighted by atomic mass is 16.5. The van der Waals surface area contributed by atoms with Crippen molar-refractivity contribution in [3.63, 3.8) is 0 Å². The van der Waals surface area contributed by atoms with Crippen LogP contribution in [0.2, 0.25) is 0 Å². The molecule has 26 heavy (non-hydrogen) atoms. The van der Waals surface area contributed by atoms with Gasteiger partial charge in [0.25, 0.3) is 0 Å². The number of ketones is 1. The van der Waals surface area contributed by atoms with Gasteiger partial charge in [-0.15, -0.1) is 0 Å². The molecule has 0 aromatic heterocycles. The summed E-state index contributed by atoms with van der Waals surface area (Å²) in [6.07, 6.45) is 1.14. The van der Waals surface area contributed by atoms with Gasteiger partial charge in [0.05, 0.1) is 21.3 Å². The van der Waals surface area contributed by atoms with E-state index in [9.17, 15) is 4.79 Å². The molecule has 1 aliphatic heterocycles. The van der Waals surface area contributed by atoms with Crippen molar-refractivity contribution in [3.05, 3.63) is 53.6 Å². The van der Waals surface area contributed by atoms with E-state index in [-0.39, 0.29) is 6.04 Å². The van der Waals surface area contributed by atoms with Crippen LogP contribution in [0.5, 0.6) is 17.2 Å². The Morgan fingerprint density at radius 3 is 2.23 bits per heavy atom. The van der Waals surface area contributed by atoms with E-state index in [0.717, 1.165) is 12.1 Å². The van der Waals surface area contributed by atoms with Gasteiger partial charge < -0.3 is 14.2 Å². The molecule has 0 N–H and O–H groups in total. The van der Waals surface area contributed by atoms with Gasteiger partial charge in [0.1, 0.15) is 5.78 Å². The molecule has 0 aliphatic carbocycles. The number of methoxy groups -OCH3 is 3. The van der Waals surface area contributed by atoms with Gasteiger partial charge in [0, 0.05) is 32.0 Å². The first-order chi connectivity index (χ1) is 12.7. The average Bonchev–Trinajstić information content (AvgIpc) is 2.69. The smallest absolute Gasteiger partial charge is 0.203 e. The van der Waals surface area contributed by atoms with Crippen LogP contribution in [-0.4, -0.2) is 38.6 Å². The third kappa shape index (κ3) is 3.83. The van der Waals surface area contributed by atoms with Crippen LogP contribution in [0.3, 0.4) is 0 Å². The maximum atomic E-state index is 12.0. The Balaban J connectivity index is 1.89. The van der Waals surface area contributed by atoms with Crippen molar-refractivity contribution in [2.75, 3.05) is 27.9 Å². The molecule has 0 saturated carbocycles. The van der Waals surface area contributed by atoms with Crippen LogP contribution in [-0.2, 0) is 11.3 Å². The summed E-state index contributed by atoms with van der Waals surface area (Å²) < 4.78 is 16.3. The van der Waals surface area contributed by atoms with Gasteiger partial charge in [-0.25, -0.2) is 0 Å². The van der Waals surface area contributed by atoms with Gasteiger partial charge in [-0.05, 0) is 23.3 Å². The minimum absolute atomic E-state index is 0.0940. The van der Waals surface area contributed by atoms with Crippen molar-refractivity contribution < 1.29 is 19.0 Å². The third-order valence-corrected chi connectivity index (χ3v) is 4.83. The summed E-state index contributed by atoms with van der Waals surface area (Å²) in [7, 11) is 4.84. The summed E-state index contributed by atoms with van der Waals surface area (Å²) in [5.74, 6) is 2.20. The number of carbonyl (C=O) groups excluding carboxylic acids is 1. The van der Waals surface area contributed by atoms with Crippen LogP contribution >= 0.6 is 0 Å². The summed E-state index contributed by atoms with van der Waals surface area (Å²) >= 11 is 0. The van der Waals surface area contributed by atoms with Crippen LogP contribution < -0.4 is 14.2 Å². The SMILES string of the molecule is COc1cc(CN2CCC(=O)CC2c2ccccc2)cc(OC)c1OC. The standard InChI is InChI=1S/C21H25NO4/c1-24-19-11-15(12-20(25-2)21(19)26-3)14-22-10-9-17(23)13-18(22)16-7-5-4-6-8-16/h4-8,11-12,18H,9-10,13-14H2,1-3H3. The van der Waals surface area contributed by atoms with Crippen molar-refractivity contribution in [2.24, 2.45) is 0 Å². The minimum Gasteiger partial charge on any atom is -0.493 e. The summed E-state index contributed by atoms with van der Waals surface area (Å²) in [6.45, 7) is 1.46. The minimum atomic E-state index is 0.0940. The largest absolute Gasteiger partial charge is 0.493 e. The van der Waals surface area contributed by atoms with Gasteiger partial charge >= 0.3 is 0 Å². The number of ether oxygens (including phenoxy) is 3. The lowest BCUT2D eigenvalue weighted by Crippen LogP contribution is -2.36. The Hall–Kier alpha value is -2.53. The maximum absolute atomic E-state index is 12.0. The second-order valence-electron chi connectivity index (χ2n) is 6.42. The number of rotatable bonds is 6. The molecule has 138 valence electrons. The molecule has 1 aliphatic rings. The predicted molar refractivity (Wildman–Crippen MR) is 99.9 cm³/mol. The third-order valence-electron chi connectivity index (χ3n) is 4.83. The Morgan fingerprint density at radius 1 is 1.00 bits per heavy atom. The highest BCUT2D eigenvalue weighted by molar-refractivity contribution is 5.80. The molecule has 5 nitrogen and oxygen atoms in total. The van der Waals surface area contributed by atoms with E-state index in [0.29, 0.717) is 42.4 Å². The van der Waals surface area contributed by atoms with Gasteiger partial charge in [-0.2, -0.15) is 0 Å². The van der Waals surface area contributed by atoms with Crippen molar-refractivity contribution in [1.29, 1.82) is 0 Å². The van der Waals surface area contributed by atoms with Gasteiger partial charge in [-0.3, -0.25) is 9.69 Å². The topological polar surface area (TPSA) is 48.0 Å². The summed E-state index contributed by atoms with van der Waals surface area (Å²) in [5, 5.41) is 0. The summed E-state index contributed by atoms with van der Waals surface area (Å²) in [6, 6.07) is 14.3. The number of hydrogen-bond acceptors (Lipinski definition) is 5. The fourth-order valence-corrected chi connectivity index (χ4v) is 3.53. The van der Waals surface area contributed by atoms with Gasteiger partial charge in [0.2, 0.25) is 5.75 Å². The van der Waals surface area contributed by atoms with Crippen molar-refractivity contribution in [2.45, 2.75) is 25.4 Å². The summed E-state index contributed by atoms with van der Waals surface area (Å²) in [4.78, 5) is 14.4. The zero-order chi connectivity index (χ0) is 18.5. The van der Waals surface area contributed by atoms with Crippen LogP contribution in [0.15, 0.2) is 42.5 Å². The maximum Gasteiger partial charge on any atom is 0.203 e. The molecular weight excluding hydrogens is 330 g/mol. The van der Waals surface area contributed by atoms with Crippen molar-refractivity contribution >= 4 is 5.78 Å². The van der Waals surface area contributed by atoms with E-state index in [1.54, 1.807) is 21.3 Å². The number of nitrogens with zero attached hydrogens (tertiary/aromatic N) is 1.